The van der Waals surface area contributed by atoms with Crippen molar-refractivity contribution in [3.05, 3.63) is 0 Å². The smallest absolute Gasteiger partial charge is 0.139 e. The van der Waals surface area contributed by atoms with Gasteiger partial charge in [0.25, 0.3) is 0 Å². The topological polar surface area (TPSA) is 34.1 Å². The molecule has 2 heteroatoms. The predicted octanol–water partition coefficient (Wildman–Crippen LogP) is 2.36. The summed E-state index contributed by atoms with van der Waals surface area (Å²) in [4.78, 5) is 20.8. The summed E-state index contributed by atoms with van der Waals surface area (Å²) in [5.41, 5.74) is 0. The highest BCUT2D eigenvalue weighted by Crippen LogP contribution is 2.08. The maximum atomic E-state index is 10.9. The van der Waals surface area contributed by atoms with E-state index in [4.69, 9.17) is 0 Å². The number of aldehydes is 1. The zero-order chi connectivity index (χ0) is 9.40. The Hall–Kier alpha value is -0.660. The number of hydrogen-bond donors (Lipinski definition) is 0. The van der Waals surface area contributed by atoms with Gasteiger partial charge in [-0.3, -0.25) is 4.79 Å². The molecule has 0 atom stereocenters. The lowest BCUT2D eigenvalue weighted by atomic mass is 10.0. The Morgan fingerprint density at radius 1 is 1.33 bits per heavy atom. The van der Waals surface area contributed by atoms with E-state index in [0.29, 0.717) is 18.6 Å². The van der Waals surface area contributed by atoms with E-state index in [2.05, 4.69) is 13.8 Å². The maximum Gasteiger partial charge on any atom is 0.139 e. The highest BCUT2D eigenvalue weighted by molar-refractivity contribution is 5.89. The first-order chi connectivity index (χ1) is 5.66. The van der Waals surface area contributed by atoms with Gasteiger partial charge in [0, 0.05) is 6.42 Å². The van der Waals surface area contributed by atoms with Crippen LogP contribution in [0.4, 0.5) is 0 Å². The predicted molar refractivity (Wildman–Crippen MR) is 49.0 cm³/mol. The standard InChI is InChI=1S/C10H18O2/c1-9(2)5-3-4-6-10(12)7-8-11/h8-9H,3-7H2,1-2H3. The summed E-state index contributed by atoms with van der Waals surface area (Å²) in [6.07, 6.45) is 4.57. The van der Waals surface area contributed by atoms with Crippen LogP contribution >= 0.6 is 0 Å². The van der Waals surface area contributed by atoms with E-state index in [1.54, 1.807) is 0 Å². The van der Waals surface area contributed by atoms with E-state index in [0.717, 1.165) is 12.8 Å². The summed E-state index contributed by atoms with van der Waals surface area (Å²) in [6.45, 7) is 4.35. The molecule has 0 unspecified atom stereocenters. The van der Waals surface area contributed by atoms with Crippen LogP contribution in [0.2, 0.25) is 0 Å². The van der Waals surface area contributed by atoms with Crippen molar-refractivity contribution in [1.29, 1.82) is 0 Å². The summed E-state index contributed by atoms with van der Waals surface area (Å²) in [5, 5.41) is 0. The number of hydrogen-bond acceptors (Lipinski definition) is 2. The summed E-state index contributed by atoms with van der Waals surface area (Å²) >= 11 is 0. The van der Waals surface area contributed by atoms with Crippen LogP contribution in [-0.4, -0.2) is 12.1 Å². The van der Waals surface area contributed by atoms with Crippen molar-refractivity contribution in [2.45, 2.75) is 46.0 Å². The van der Waals surface area contributed by atoms with Crippen LogP contribution < -0.4 is 0 Å². The number of ketones is 1. The lowest BCUT2D eigenvalue weighted by Crippen LogP contribution is -1.98. The van der Waals surface area contributed by atoms with Gasteiger partial charge in [-0.15, -0.1) is 0 Å². The van der Waals surface area contributed by atoms with E-state index >= 15 is 0 Å². The lowest BCUT2D eigenvalue weighted by molar-refractivity contribution is -0.122. The van der Waals surface area contributed by atoms with Crippen molar-refractivity contribution in [1.82, 2.24) is 0 Å². The van der Waals surface area contributed by atoms with Gasteiger partial charge in [-0.25, -0.2) is 0 Å². The van der Waals surface area contributed by atoms with Crippen LogP contribution in [0.15, 0.2) is 0 Å². The minimum atomic E-state index is 0.0776. The first-order valence-corrected chi connectivity index (χ1v) is 4.62. The zero-order valence-corrected chi connectivity index (χ0v) is 8.01. The van der Waals surface area contributed by atoms with Gasteiger partial charge in [-0.2, -0.15) is 0 Å². The Morgan fingerprint density at radius 2 is 2.00 bits per heavy atom. The molecule has 0 aromatic carbocycles. The second kappa shape index (κ2) is 7.01. The number of carbonyl (C=O) groups is 2. The maximum absolute atomic E-state index is 10.9. The van der Waals surface area contributed by atoms with Crippen LogP contribution in [0, 0.1) is 5.92 Å². The molecule has 0 aliphatic carbocycles. The van der Waals surface area contributed by atoms with Crippen LogP contribution in [0.3, 0.4) is 0 Å². The quantitative estimate of drug-likeness (QED) is 0.334. The Bertz CT molecular complexity index is 139. The van der Waals surface area contributed by atoms with E-state index in [1.807, 2.05) is 0 Å². The number of rotatable bonds is 7. The molecule has 0 rings (SSSR count). The average molecular weight is 170 g/mol. The molecule has 0 aliphatic rings. The normalized spacial score (nSPS) is 10.2. The first-order valence-electron chi connectivity index (χ1n) is 4.62. The molecule has 0 saturated carbocycles. The zero-order valence-electron chi connectivity index (χ0n) is 8.01. The third-order valence-corrected chi connectivity index (χ3v) is 1.80. The highest BCUT2D eigenvalue weighted by atomic mass is 16.1. The van der Waals surface area contributed by atoms with Crippen LogP contribution in [0.25, 0.3) is 0 Å². The number of carbonyl (C=O) groups excluding carboxylic acids is 2. The van der Waals surface area contributed by atoms with Crippen molar-refractivity contribution in [2.24, 2.45) is 5.92 Å². The molecule has 0 N–H and O–H groups in total. The molecule has 70 valence electrons. The Morgan fingerprint density at radius 3 is 2.50 bits per heavy atom. The van der Waals surface area contributed by atoms with Gasteiger partial charge in [0.1, 0.15) is 12.1 Å². The molecule has 2 nitrogen and oxygen atoms in total. The van der Waals surface area contributed by atoms with E-state index in [9.17, 15) is 9.59 Å². The minimum Gasteiger partial charge on any atom is -0.303 e. The van der Waals surface area contributed by atoms with Crippen molar-refractivity contribution in [2.75, 3.05) is 0 Å². The molecule has 0 spiro atoms. The molecule has 0 amide bonds. The molecule has 0 fully saturated rings. The summed E-state index contributed by atoms with van der Waals surface area (Å²) in [6, 6.07) is 0. The van der Waals surface area contributed by atoms with E-state index in [-0.39, 0.29) is 12.2 Å². The van der Waals surface area contributed by atoms with Gasteiger partial charge in [-0.05, 0) is 12.3 Å². The summed E-state index contributed by atoms with van der Waals surface area (Å²) < 4.78 is 0. The minimum absolute atomic E-state index is 0.0776. The molecular weight excluding hydrogens is 152 g/mol. The van der Waals surface area contributed by atoms with Gasteiger partial charge in [0.2, 0.25) is 0 Å². The molecule has 0 heterocycles. The van der Waals surface area contributed by atoms with E-state index in [1.165, 1.54) is 6.42 Å². The third kappa shape index (κ3) is 7.45. The average Bonchev–Trinajstić information content (AvgIpc) is 1.98. The molecule has 0 radical (unpaired) electrons. The molecule has 0 aromatic rings. The highest BCUT2D eigenvalue weighted by Gasteiger charge is 2.00. The second-order valence-electron chi connectivity index (χ2n) is 3.55. The van der Waals surface area contributed by atoms with Crippen molar-refractivity contribution < 1.29 is 9.59 Å². The summed E-state index contributed by atoms with van der Waals surface area (Å²) in [5.74, 6) is 0.792. The van der Waals surface area contributed by atoms with Crippen LogP contribution in [0.5, 0.6) is 0 Å². The van der Waals surface area contributed by atoms with Crippen LogP contribution in [0.1, 0.15) is 46.0 Å². The van der Waals surface area contributed by atoms with E-state index < -0.39 is 0 Å². The van der Waals surface area contributed by atoms with Crippen molar-refractivity contribution in [3.8, 4) is 0 Å². The molecule has 0 saturated heterocycles. The fourth-order valence-electron chi connectivity index (χ4n) is 1.07. The Balaban J connectivity index is 3.19. The monoisotopic (exact) mass is 170 g/mol. The Labute approximate surface area is 74.3 Å². The first kappa shape index (κ1) is 11.3. The lowest BCUT2D eigenvalue weighted by Gasteiger charge is -2.02. The van der Waals surface area contributed by atoms with Gasteiger partial charge >= 0.3 is 0 Å². The fourth-order valence-corrected chi connectivity index (χ4v) is 1.07. The Kier molecular flexibility index (Phi) is 6.63. The van der Waals surface area contributed by atoms with Crippen LogP contribution in [-0.2, 0) is 9.59 Å². The molecule has 0 aliphatic heterocycles. The second-order valence-corrected chi connectivity index (χ2v) is 3.55. The largest absolute Gasteiger partial charge is 0.303 e. The number of unbranched alkanes of at least 4 members (excludes halogenated alkanes) is 1. The molecule has 12 heavy (non-hydrogen) atoms. The summed E-state index contributed by atoms with van der Waals surface area (Å²) in [7, 11) is 0. The van der Waals surface area contributed by atoms with Gasteiger partial charge in [0.05, 0.1) is 6.42 Å². The third-order valence-electron chi connectivity index (χ3n) is 1.80. The molecule has 0 bridgehead atoms. The number of Topliss-reactive ketones (excluding diaryl/α,β-unsaturated/α-hetero) is 1. The van der Waals surface area contributed by atoms with Crippen molar-refractivity contribution >= 4 is 12.1 Å². The van der Waals surface area contributed by atoms with Gasteiger partial charge in [-0.1, -0.05) is 26.7 Å². The SMILES string of the molecule is CC(C)CCCCC(=O)CC=O. The fraction of sp³-hybridized carbons (Fsp3) is 0.800. The molecular formula is C10H18O2. The molecule has 0 aromatic heterocycles. The van der Waals surface area contributed by atoms with Gasteiger partial charge in [0.15, 0.2) is 0 Å². The van der Waals surface area contributed by atoms with Gasteiger partial charge < -0.3 is 4.79 Å². The van der Waals surface area contributed by atoms with Crippen molar-refractivity contribution in [3.63, 3.8) is 0 Å².